The number of carbonyl (C=O) groups excluding carboxylic acids is 1. The van der Waals surface area contributed by atoms with Crippen molar-refractivity contribution in [2.75, 3.05) is 20.3 Å². The van der Waals surface area contributed by atoms with Gasteiger partial charge in [0.15, 0.2) is 0 Å². The summed E-state index contributed by atoms with van der Waals surface area (Å²) in [6, 6.07) is 7.49. The first kappa shape index (κ1) is 17.3. The van der Waals surface area contributed by atoms with Gasteiger partial charge in [0.25, 0.3) is 0 Å². The van der Waals surface area contributed by atoms with Crippen molar-refractivity contribution in [1.82, 2.24) is 10.6 Å². The lowest BCUT2D eigenvalue weighted by Crippen LogP contribution is -2.52. The number of aliphatic hydroxyl groups is 1. The van der Waals surface area contributed by atoms with Gasteiger partial charge in [-0.05, 0) is 31.4 Å². The fourth-order valence-electron chi connectivity index (χ4n) is 2.27. The number of urea groups is 1. The van der Waals surface area contributed by atoms with Crippen LogP contribution in [0.15, 0.2) is 24.3 Å². The molecule has 5 heteroatoms. The Morgan fingerprint density at radius 2 is 2.10 bits per heavy atom. The number of amides is 2. The highest BCUT2D eigenvalue weighted by Gasteiger charge is 2.24. The first-order chi connectivity index (χ1) is 10.0. The SMILES string of the molecule is CCCC(C)(CO)NC(=O)NCCc1ccccc1OC. The molecule has 1 aromatic rings. The van der Waals surface area contributed by atoms with Crippen LogP contribution in [-0.2, 0) is 6.42 Å². The third kappa shape index (κ3) is 5.63. The number of nitrogens with one attached hydrogen (secondary N) is 2. The second-order valence-electron chi connectivity index (χ2n) is 5.41. The predicted molar refractivity (Wildman–Crippen MR) is 83.6 cm³/mol. The fraction of sp³-hybridized carbons (Fsp3) is 0.562. The van der Waals surface area contributed by atoms with E-state index in [0.29, 0.717) is 13.0 Å². The Labute approximate surface area is 126 Å². The van der Waals surface area contributed by atoms with Gasteiger partial charge in [-0.1, -0.05) is 31.5 Å². The Kier molecular flexibility index (Phi) is 7.02. The lowest BCUT2D eigenvalue weighted by Gasteiger charge is -2.28. The molecule has 0 spiro atoms. The van der Waals surface area contributed by atoms with Gasteiger partial charge in [-0.25, -0.2) is 4.79 Å². The molecule has 2 amide bonds. The molecule has 1 atom stereocenters. The molecule has 5 nitrogen and oxygen atoms in total. The molecule has 0 aliphatic rings. The first-order valence-corrected chi connectivity index (χ1v) is 7.33. The molecule has 118 valence electrons. The Hall–Kier alpha value is -1.75. The molecule has 3 N–H and O–H groups in total. The zero-order chi connectivity index (χ0) is 15.7. The molecule has 0 saturated heterocycles. The molecule has 1 aromatic carbocycles. The quantitative estimate of drug-likeness (QED) is 0.687. The topological polar surface area (TPSA) is 70.6 Å². The minimum Gasteiger partial charge on any atom is -0.496 e. The summed E-state index contributed by atoms with van der Waals surface area (Å²) in [5.41, 5.74) is 0.488. The van der Waals surface area contributed by atoms with Crippen molar-refractivity contribution in [2.24, 2.45) is 0 Å². The van der Waals surface area contributed by atoms with E-state index < -0.39 is 5.54 Å². The Balaban J connectivity index is 2.43. The van der Waals surface area contributed by atoms with Crippen molar-refractivity contribution in [3.05, 3.63) is 29.8 Å². The lowest BCUT2D eigenvalue weighted by atomic mass is 9.98. The first-order valence-electron chi connectivity index (χ1n) is 7.33. The molecule has 1 rings (SSSR count). The molecule has 1 unspecified atom stereocenters. The van der Waals surface area contributed by atoms with Gasteiger partial charge in [-0.3, -0.25) is 0 Å². The number of hydrogen-bond acceptors (Lipinski definition) is 3. The Morgan fingerprint density at radius 3 is 2.71 bits per heavy atom. The Bertz CT molecular complexity index is 451. The largest absolute Gasteiger partial charge is 0.496 e. The highest BCUT2D eigenvalue weighted by Crippen LogP contribution is 2.17. The molecule has 0 bridgehead atoms. The summed E-state index contributed by atoms with van der Waals surface area (Å²) in [6.07, 6.45) is 2.34. The van der Waals surface area contributed by atoms with Crippen molar-refractivity contribution in [2.45, 2.75) is 38.6 Å². The molecule has 0 saturated carbocycles. The third-order valence-electron chi connectivity index (χ3n) is 3.44. The van der Waals surface area contributed by atoms with Gasteiger partial charge in [-0.2, -0.15) is 0 Å². The molecular formula is C16H26N2O3. The smallest absolute Gasteiger partial charge is 0.315 e. The minimum absolute atomic E-state index is 0.0687. The molecular weight excluding hydrogens is 268 g/mol. The van der Waals surface area contributed by atoms with E-state index in [9.17, 15) is 9.90 Å². The maximum Gasteiger partial charge on any atom is 0.315 e. The number of carbonyl (C=O) groups is 1. The Morgan fingerprint density at radius 1 is 1.38 bits per heavy atom. The summed E-state index contributed by atoms with van der Waals surface area (Å²) in [5.74, 6) is 0.825. The number of ether oxygens (including phenoxy) is 1. The minimum atomic E-state index is -0.566. The van der Waals surface area contributed by atoms with Gasteiger partial charge in [0.1, 0.15) is 5.75 Å². The summed E-state index contributed by atoms with van der Waals surface area (Å²) in [6.45, 7) is 4.31. The summed E-state index contributed by atoms with van der Waals surface area (Å²) < 4.78 is 5.27. The number of hydrogen-bond donors (Lipinski definition) is 3. The van der Waals surface area contributed by atoms with Crippen LogP contribution in [0.4, 0.5) is 4.79 Å². The maximum absolute atomic E-state index is 11.9. The fourth-order valence-corrected chi connectivity index (χ4v) is 2.27. The van der Waals surface area contributed by atoms with E-state index in [1.54, 1.807) is 7.11 Å². The third-order valence-corrected chi connectivity index (χ3v) is 3.44. The zero-order valence-corrected chi connectivity index (χ0v) is 13.1. The molecule has 0 fully saturated rings. The van der Waals surface area contributed by atoms with Crippen molar-refractivity contribution in [1.29, 1.82) is 0 Å². The average molecular weight is 294 g/mol. The highest BCUT2D eigenvalue weighted by atomic mass is 16.5. The molecule has 0 radical (unpaired) electrons. The van der Waals surface area contributed by atoms with E-state index in [4.69, 9.17) is 4.74 Å². The zero-order valence-electron chi connectivity index (χ0n) is 13.1. The van der Waals surface area contributed by atoms with Crippen LogP contribution >= 0.6 is 0 Å². The summed E-state index contributed by atoms with van der Waals surface area (Å²) in [4.78, 5) is 11.9. The number of benzene rings is 1. The number of methoxy groups -OCH3 is 1. The van der Waals surface area contributed by atoms with Crippen LogP contribution in [0.3, 0.4) is 0 Å². The van der Waals surface area contributed by atoms with Gasteiger partial charge in [-0.15, -0.1) is 0 Å². The van der Waals surface area contributed by atoms with E-state index in [1.165, 1.54) is 0 Å². The molecule has 21 heavy (non-hydrogen) atoms. The number of rotatable bonds is 8. The molecule has 0 aliphatic carbocycles. The van der Waals surface area contributed by atoms with Gasteiger partial charge < -0.3 is 20.5 Å². The maximum atomic E-state index is 11.9. The number of aliphatic hydroxyl groups excluding tert-OH is 1. The van der Waals surface area contributed by atoms with Gasteiger partial charge >= 0.3 is 6.03 Å². The van der Waals surface area contributed by atoms with Crippen LogP contribution in [-0.4, -0.2) is 36.9 Å². The molecule has 0 aromatic heterocycles. The average Bonchev–Trinajstić information content (AvgIpc) is 2.48. The second kappa shape index (κ2) is 8.52. The van der Waals surface area contributed by atoms with Crippen LogP contribution in [0.2, 0.25) is 0 Å². The van der Waals surface area contributed by atoms with Crippen LogP contribution < -0.4 is 15.4 Å². The summed E-state index contributed by atoms with van der Waals surface area (Å²) in [5, 5.41) is 15.0. The van der Waals surface area contributed by atoms with Crippen molar-refractivity contribution >= 4 is 6.03 Å². The molecule has 0 heterocycles. The monoisotopic (exact) mass is 294 g/mol. The van der Waals surface area contributed by atoms with Crippen LogP contribution in [0.25, 0.3) is 0 Å². The van der Waals surface area contributed by atoms with E-state index in [1.807, 2.05) is 38.1 Å². The van der Waals surface area contributed by atoms with Gasteiger partial charge in [0.05, 0.1) is 19.3 Å². The molecule has 0 aliphatic heterocycles. The van der Waals surface area contributed by atoms with Crippen molar-refractivity contribution < 1.29 is 14.6 Å². The van der Waals surface area contributed by atoms with E-state index >= 15 is 0 Å². The highest BCUT2D eigenvalue weighted by molar-refractivity contribution is 5.74. The van der Waals surface area contributed by atoms with Gasteiger partial charge in [0.2, 0.25) is 0 Å². The van der Waals surface area contributed by atoms with Crippen LogP contribution in [0.1, 0.15) is 32.3 Å². The van der Waals surface area contributed by atoms with Gasteiger partial charge in [0, 0.05) is 6.54 Å². The second-order valence-corrected chi connectivity index (χ2v) is 5.41. The normalized spacial score (nSPS) is 13.3. The predicted octanol–water partition coefficient (Wildman–Crippen LogP) is 2.09. The van der Waals surface area contributed by atoms with Crippen LogP contribution in [0.5, 0.6) is 5.75 Å². The number of para-hydroxylation sites is 1. The standard InChI is InChI=1S/C16H26N2O3/c1-4-10-16(2,12-19)18-15(20)17-11-9-13-7-5-6-8-14(13)21-3/h5-8,19H,4,9-12H2,1-3H3,(H2,17,18,20). The van der Waals surface area contributed by atoms with Crippen LogP contribution in [0, 0.1) is 0 Å². The van der Waals surface area contributed by atoms with Crippen molar-refractivity contribution in [3.63, 3.8) is 0 Å². The van der Waals surface area contributed by atoms with E-state index in [-0.39, 0.29) is 12.6 Å². The van der Waals surface area contributed by atoms with Crippen molar-refractivity contribution in [3.8, 4) is 5.75 Å². The van der Waals surface area contributed by atoms with E-state index in [2.05, 4.69) is 10.6 Å². The summed E-state index contributed by atoms with van der Waals surface area (Å²) >= 11 is 0. The lowest BCUT2D eigenvalue weighted by molar-refractivity contribution is 0.163. The van der Waals surface area contributed by atoms with E-state index in [0.717, 1.165) is 24.2 Å². The summed E-state index contributed by atoms with van der Waals surface area (Å²) in [7, 11) is 1.64.